The molecule has 2 rings (SSSR count). The normalized spacial score (nSPS) is 10.3. The fourth-order valence-electron chi connectivity index (χ4n) is 1.58. The first-order valence-corrected chi connectivity index (χ1v) is 6.19. The number of carbonyl (C=O) groups excluding carboxylic acids is 1. The standard InChI is InChI=1S/C14H9Cl2FO2/c15-11-5-3-6-12(17)10(11)8-19-13-7-2-1-4-9(13)14(16)18/h1-7H,8H2. The summed E-state index contributed by atoms with van der Waals surface area (Å²) in [6.45, 7) is -0.0767. The van der Waals surface area contributed by atoms with Crippen molar-refractivity contribution in [2.24, 2.45) is 0 Å². The first-order chi connectivity index (χ1) is 9.09. The number of ether oxygens (including phenoxy) is 1. The Balaban J connectivity index is 2.22. The van der Waals surface area contributed by atoms with Crippen LogP contribution >= 0.6 is 23.2 Å². The van der Waals surface area contributed by atoms with Crippen molar-refractivity contribution in [3.05, 3.63) is 64.4 Å². The van der Waals surface area contributed by atoms with Crippen LogP contribution in [0.2, 0.25) is 5.02 Å². The molecule has 0 saturated heterocycles. The second kappa shape index (κ2) is 6.04. The number of hydrogen-bond donors (Lipinski definition) is 0. The number of halogens is 3. The molecule has 0 aliphatic heterocycles. The fourth-order valence-corrected chi connectivity index (χ4v) is 1.95. The monoisotopic (exact) mass is 298 g/mol. The van der Waals surface area contributed by atoms with Crippen LogP contribution in [0, 0.1) is 5.82 Å². The molecule has 2 aromatic rings. The van der Waals surface area contributed by atoms with Gasteiger partial charge in [-0.1, -0.05) is 29.8 Å². The molecule has 98 valence electrons. The van der Waals surface area contributed by atoms with Gasteiger partial charge in [0, 0.05) is 5.56 Å². The molecule has 0 amide bonds. The zero-order valence-corrected chi connectivity index (χ0v) is 11.2. The maximum atomic E-state index is 13.6. The SMILES string of the molecule is O=C(Cl)c1ccccc1OCc1c(F)cccc1Cl. The third-order valence-corrected chi connectivity index (χ3v) is 3.09. The molecule has 2 nitrogen and oxygen atoms in total. The molecule has 0 unspecified atom stereocenters. The van der Waals surface area contributed by atoms with E-state index in [2.05, 4.69) is 0 Å². The van der Waals surface area contributed by atoms with Gasteiger partial charge in [0.25, 0.3) is 5.24 Å². The Morgan fingerprint density at radius 1 is 1.16 bits per heavy atom. The summed E-state index contributed by atoms with van der Waals surface area (Å²) in [5.41, 5.74) is 0.470. The Hall–Kier alpha value is -1.58. The Morgan fingerprint density at radius 3 is 2.58 bits per heavy atom. The lowest BCUT2D eigenvalue weighted by atomic mass is 10.2. The van der Waals surface area contributed by atoms with Crippen molar-refractivity contribution < 1.29 is 13.9 Å². The highest BCUT2D eigenvalue weighted by atomic mass is 35.5. The maximum absolute atomic E-state index is 13.6. The molecule has 5 heteroatoms. The molecular weight excluding hydrogens is 290 g/mol. The summed E-state index contributed by atoms with van der Waals surface area (Å²) in [5, 5.41) is -0.357. The summed E-state index contributed by atoms with van der Waals surface area (Å²) in [6.07, 6.45) is 0. The number of para-hydroxylation sites is 1. The second-order valence-electron chi connectivity index (χ2n) is 3.76. The van der Waals surface area contributed by atoms with E-state index < -0.39 is 11.1 Å². The van der Waals surface area contributed by atoms with E-state index in [9.17, 15) is 9.18 Å². The van der Waals surface area contributed by atoms with Gasteiger partial charge < -0.3 is 4.74 Å². The molecule has 0 spiro atoms. The van der Waals surface area contributed by atoms with Crippen LogP contribution in [0.1, 0.15) is 15.9 Å². The van der Waals surface area contributed by atoms with Crippen LogP contribution in [0.25, 0.3) is 0 Å². The topological polar surface area (TPSA) is 26.3 Å². The number of benzene rings is 2. The van der Waals surface area contributed by atoms with Gasteiger partial charge in [0.2, 0.25) is 0 Å². The lowest BCUT2D eigenvalue weighted by Gasteiger charge is -2.10. The van der Waals surface area contributed by atoms with Gasteiger partial charge in [0.1, 0.15) is 18.2 Å². The van der Waals surface area contributed by atoms with Crippen LogP contribution in [-0.4, -0.2) is 5.24 Å². The van der Waals surface area contributed by atoms with Crippen LogP contribution in [0.15, 0.2) is 42.5 Å². The predicted molar refractivity (Wildman–Crippen MR) is 72.4 cm³/mol. The van der Waals surface area contributed by atoms with Crippen LogP contribution < -0.4 is 4.74 Å². The molecule has 0 fully saturated rings. The van der Waals surface area contributed by atoms with Crippen molar-refractivity contribution in [3.8, 4) is 5.75 Å². The van der Waals surface area contributed by atoms with Gasteiger partial charge in [-0.15, -0.1) is 0 Å². The zero-order chi connectivity index (χ0) is 13.8. The smallest absolute Gasteiger partial charge is 0.256 e. The summed E-state index contributed by atoms with van der Waals surface area (Å²) < 4.78 is 19.0. The summed E-state index contributed by atoms with van der Waals surface area (Å²) >= 11 is 11.3. The zero-order valence-electron chi connectivity index (χ0n) is 9.70. The van der Waals surface area contributed by atoms with Gasteiger partial charge in [0.15, 0.2) is 0 Å². The molecule has 0 bridgehead atoms. The quantitative estimate of drug-likeness (QED) is 0.780. The highest BCUT2D eigenvalue weighted by Crippen LogP contribution is 2.24. The van der Waals surface area contributed by atoms with E-state index in [1.165, 1.54) is 18.2 Å². The molecule has 0 heterocycles. The minimum absolute atomic E-state index is 0.0767. The first-order valence-electron chi connectivity index (χ1n) is 5.44. The average Bonchev–Trinajstić information content (AvgIpc) is 2.38. The third kappa shape index (κ3) is 3.25. The van der Waals surface area contributed by atoms with Gasteiger partial charge in [-0.3, -0.25) is 4.79 Å². The summed E-state index contributed by atoms with van der Waals surface area (Å²) in [7, 11) is 0. The lowest BCUT2D eigenvalue weighted by molar-refractivity contribution is 0.107. The van der Waals surface area contributed by atoms with Crippen molar-refractivity contribution in [2.75, 3.05) is 0 Å². The van der Waals surface area contributed by atoms with Gasteiger partial charge in [0.05, 0.1) is 10.6 Å². The van der Waals surface area contributed by atoms with Crippen molar-refractivity contribution >= 4 is 28.4 Å². The van der Waals surface area contributed by atoms with Crippen LogP contribution in [-0.2, 0) is 6.61 Å². The second-order valence-corrected chi connectivity index (χ2v) is 4.51. The minimum Gasteiger partial charge on any atom is -0.488 e. The predicted octanol–water partition coefficient (Wildman–Crippen LogP) is 4.44. The average molecular weight is 299 g/mol. The van der Waals surface area contributed by atoms with E-state index >= 15 is 0 Å². The van der Waals surface area contributed by atoms with Gasteiger partial charge in [-0.05, 0) is 35.9 Å². The largest absolute Gasteiger partial charge is 0.488 e. The van der Waals surface area contributed by atoms with Crippen molar-refractivity contribution in [3.63, 3.8) is 0 Å². The molecule has 0 atom stereocenters. The van der Waals surface area contributed by atoms with E-state index in [1.54, 1.807) is 24.3 Å². The van der Waals surface area contributed by atoms with E-state index in [1.807, 2.05) is 0 Å². The van der Waals surface area contributed by atoms with E-state index in [0.29, 0.717) is 5.75 Å². The van der Waals surface area contributed by atoms with Gasteiger partial charge in [-0.25, -0.2) is 4.39 Å². The number of rotatable bonds is 4. The molecule has 0 aliphatic rings. The first kappa shape index (κ1) is 13.8. The molecule has 0 aliphatic carbocycles. The van der Waals surface area contributed by atoms with Crippen molar-refractivity contribution in [1.29, 1.82) is 0 Å². The van der Waals surface area contributed by atoms with Gasteiger partial charge >= 0.3 is 0 Å². The summed E-state index contributed by atoms with van der Waals surface area (Å²) in [6, 6.07) is 10.9. The fraction of sp³-hybridized carbons (Fsp3) is 0.0714. The van der Waals surface area contributed by atoms with E-state index in [0.717, 1.165) is 0 Å². The Morgan fingerprint density at radius 2 is 1.89 bits per heavy atom. The minimum atomic E-state index is -0.629. The molecule has 0 aromatic heterocycles. The molecule has 19 heavy (non-hydrogen) atoms. The highest BCUT2D eigenvalue weighted by molar-refractivity contribution is 6.68. The highest BCUT2D eigenvalue weighted by Gasteiger charge is 2.12. The van der Waals surface area contributed by atoms with Crippen molar-refractivity contribution in [1.82, 2.24) is 0 Å². The molecule has 2 aromatic carbocycles. The number of carbonyl (C=O) groups is 1. The summed E-state index contributed by atoms with van der Waals surface area (Å²) in [4.78, 5) is 11.2. The third-order valence-electron chi connectivity index (χ3n) is 2.53. The molecule has 0 N–H and O–H groups in total. The Kier molecular flexibility index (Phi) is 4.40. The van der Waals surface area contributed by atoms with E-state index in [-0.39, 0.29) is 22.8 Å². The molecule has 0 saturated carbocycles. The van der Waals surface area contributed by atoms with Crippen LogP contribution in [0.5, 0.6) is 5.75 Å². The van der Waals surface area contributed by atoms with Crippen LogP contribution in [0.4, 0.5) is 4.39 Å². The molecule has 0 radical (unpaired) electrons. The Labute approximate surface area is 119 Å². The maximum Gasteiger partial charge on any atom is 0.256 e. The van der Waals surface area contributed by atoms with Crippen molar-refractivity contribution in [2.45, 2.75) is 6.61 Å². The van der Waals surface area contributed by atoms with E-state index in [4.69, 9.17) is 27.9 Å². The number of hydrogen-bond acceptors (Lipinski definition) is 2. The lowest BCUT2D eigenvalue weighted by Crippen LogP contribution is -2.02. The van der Waals surface area contributed by atoms with Gasteiger partial charge in [-0.2, -0.15) is 0 Å². The Bertz CT molecular complexity index is 594. The van der Waals surface area contributed by atoms with Crippen LogP contribution in [0.3, 0.4) is 0 Å². The molecular formula is C14H9Cl2FO2. The summed E-state index contributed by atoms with van der Waals surface area (Å²) in [5.74, 6) is -0.163.